The summed E-state index contributed by atoms with van der Waals surface area (Å²) in [7, 11) is 0. The molecule has 0 unspecified atom stereocenters. The van der Waals surface area contributed by atoms with Crippen LogP contribution in [0.5, 0.6) is 0 Å². The molecule has 0 spiro atoms. The number of aromatic nitrogens is 5. The fourth-order valence-corrected chi connectivity index (χ4v) is 3.43. The molecular formula is C22H23N7O. The lowest BCUT2D eigenvalue weighted by molar-refractivity contribution is 0.283. The summed E-state index contributed by atoms with van der Waals surface area (Å²) in [5.41, 5.74) is 11.1. The smallest absolute Gasteiger partial charge is 0.221 e. The number of fused-ring (bicyclic) bond motifs is 2. The van der Waals surface area contributed by atoms with Gasteiger partial charge >= 0.3 is 0 Å². The SMILES string of the molecule is CC.Nc1nccc(Nc2cc(-c3cc4cccc(CO)c4[nH]3)c3[nH]ncc3c2)n1. The van der Waals surface area contributed by atoms with Crippen molar-refractivity contribution in [1.29, 1.82) is 0 Å². The monoisotopic (exact) mass is 401 g/mol. The van der Waals surface area contributed by atoms with Crippen LogP contribution in [-0.2, 0) is 6.61 Å². The van der Waals surface area contributed by atoms with E-state index < -0.39 is 0 Å². The van der Waals surface area contributed by atoms with Crippen LogP contribution >= 0.6 is 0 Å². The molecule has 0 saturated carbocycles. The van der Waals surface area contributed by atoms with Crippen LogP contribution in [0.15, 0.2) is 54.9 Å². The lowest BCUT2D eigenvalue weighted by atomic mass is 10.1. The summed E-state index contributed by atoms with van der Waals surface area (Å²) in [5.74, 6) is 0.822. The highest BCUT2D eigenvalue weighted by Gasteiger charge is 2.13. The molecule has 30 heavy (non-hydrogen) atoms. The molecule has 0 amide bonds. The maximum absolute atomic E-state index is 9.62. The average molecular weight is 401 g/mol. The molecule has 0 saturated heterocycles. The fourth-order valence-electron chi connectivity index (χ4n) is 3.43. The van der Waals surface area contributed by atoms with Gasteiger partial charge in [-0.2, -0.15) is 10.1 Å². The Kier molecular flexibility index (Phi) is 5.32. The van der Waals surface area contributed by atoms with Crippen molar-refractivity contribution in [2.75, 3.05) is 11.1 Å². The zero-order valence-electron chi connectivity index (χ0n) is 16.8. The molecule has 3 aromatic heterocycles. The largest absolute Gasteiger partial charge is 0.392 e. The Morgan fingerprint density at radius 2 is 1.93 bits per heavy atom. The third-order valence-electron chi connectivity index (χ3n) is 4.70. The lowest BCUT2D eigenvalue weighted by Gasteiger charge is -2.09. The number of aromatic amines is 2. The molecule has 0 aliphatic rings. The highest BCUT2D eigenvalue weighted by molar-refractivity contribution is 5.99. The molecule has 0 atom stereocenters. The van der Waals surface area contributed by atoms with E-state index in [4.69, 9.17) is 5.73 Å². The topological polar surface area (TPSA) is 129 Å². The van der Waals surface area contributed by atoms with Crippen LogP contribution in [0.25, 0.3) is 33.1 Å². The second kappa shape index (κ2) is 8.22. The van der Waals surface area contributed by atoms with Gasteiger partial charge in [0.25, 0.3) is 0 Å². The quantitative estimate of drug-likeness (QED) is 0.305. The van der Waals surface area contributed by atoms with Gasteiger partial charge in [0.15, 0.2) is 0 Å². The number of aliphatic hydroxyl groups excluding tert-OH is 1. The number of H-pyrrole nitrogens is 2. The van der Waals surface area contributed by atoms with Crippen molar-refractivity contribution in [3.05, 3.63) is 60.4 Å². The molecule has 8 nitrogen and oxygen atoms in total. The number of para-hydroxylation sites is 1. The van der Waals surface area contributed by atoms with E-state index >= 15 is 0 Å². The van der Waals surface area contributed by atoms with Gasteiger partial charge in [0.2, 0.25) is 5.95 Å². The van der Waals surface area contributed by atoms with Crippen LogP contribution in [0, 0.1) is 0 Å². The van der Waals surface area contributed by atoms with Crippen LogP contribution in [0.3, 0.4) is 0 Å². The van der Waals surface area contributed by atoms with Gasteiger partial charge in [-0.05, 0) is 24.3 Å². The molecule has 0 bridgehead atoms. The lowest BCUT2D eigenvalue weighted by Crippen LogP contribution is -1.99. The second-order valence-corrected chi connectivity index (χ2v) is 6.51. The van der Waals surface area contributed by atoms with Crippen molar-refractivity contribution in [2.45, 2.75) is 20.5 Å². The third-order valence-corrected chi connectivity index (χ3v) is 4.70. The summed E-state index contributed by atoms with van der Waals surface area (Å²) >= 11 is 0. The molecule has 2 aromatic carbocycles. The average Bonchev–Trinajstić information content (AvgIpc) is 3.41. The first-order chi connectivity index (χ1) is 14.7. The summed E-state index contributed by atoms with van der Waals surface area (Å²) in [6, 6.07) is 13.7. The Labute approximate surface area is 173 Å². The van der Waals surface area contributed by atoms with Crippen LogP contribution in [0.1, 0.15) is 19.4 Å². The maximum Gasteiger partial charge on any atom is 0.221 e. The molecular weight excluding hydrogens is 378 g/mol. The van der Waals surface area contributed by atoms with E-state index in [0.717, 1.165) is 44.3 Å². The summed E-state index contributed by atoms with van der Waals surface area (Å²) in [5, 5.41) is 22.1. The van der Waals surface area contributed by atoms with Crippen LogP contribution in [0.2, 0.25) is 0 Å². The molecule has 0 aliphatic carbocycles. The molecule has 0 fully saturated rings. The highest BCUT2D eigenvalue weighted by Crippen LogP contribution is 2.33. The van der Waals surface area contributed by atoms with Gasteiger partial charge in [0.1, 0.15) is 5.82 Å². The summed E-state index contributed by atoms with van der Waals surface area (Å²) in [6.45, 7) is 3.98. The first-order valence-electron chi connectivity index (χ1n) is 9.76. The van der Waals surface area contributed by atoms with Crippen LogP contribution < -0.4 is 11.1 Å². The molecule has 6 N–H and O–H groups in total. The van der Waals surface area contributed by atoms with Gasteiger partial charge in [0.05, 0.1) is 23.8 Å². The van der Waals surface area contributed by atoms with E-state index in [1.165, 1.54) is 0 Å². The van der Waals surface area contributed by atoms with E-state index in [1.807, 2.05) is 44.2 Å². The Hall–Kier alpha value is -3.91. The van der Waals surface area contributed by atoms with Gasteiger partial charge < -0.3 is 21.1 Å². The van der Waals surface area contributed by atoms with E-state index in [9.17, 15) is 5.11 Å². The van der Waals surface area contributed by atoms with Gasteiger partial charge in [-0.1, -0.05) is 32.0 Å². The van der Waals surface area contributed by atoms with Crippen molar-refractivity contribution < 1.29 is 5.11 Å². The van der Waals surface area contributed by atoms with Gasteiger partial charge in [-0.15, -0.1) is 0 Å². The number of benzene rings is 2. The summed E-state index contributed by atoms with van der Waals surface area (Å²) in [6.07, 6.45) is 3.39. The Morgan fingerprint density at radius 1 is 1.07 bits per heavy atom. The predicted molar refractivity (Wildman–Crippen MR) is 120 cm³/mol. The third kappa shape index (κ3) is 3.56. The standard InChI is InChI=1S/C20H17N7O.C2H6/c21-20-22-5-4-17(26-20)24-14-6-13-9-23-27-19(13)15(8-14)16-7-11-2-1-3-12(10-28)18(11)25-16;1-2/h1-9,25,28H,10H2,(H,23,27)(H3,21,22,24,26);1-2H3. The maximum atomic E-state index is 9.62. The Balaban J connectivity index is 0.00000106. The Bertz CT molecular complexity index is 1310. The minimum atomic E-state index is -0.0203. The second-order valence-electron chi connectivity index (χ2n) is 6.51. The van der Waals surface area contributed by atoms with Crippen molar-refractivity contribution in [3.8, 4) is 11.3 Å². The van der Waals surface area contributed by atoms with E-state index in [2.05, 4.69) is 36.5 Å². The molecule has 5 rings (SSSR count). The van der Waals surface area contributed by atoms with Gasteiger partial charge in [0, 0.05) is 39.5 Å². The minimum Gasteiger partial charge on any atom is -0.392 e. The first-order valence-corrected chi connectivity index (χ1v) is 9.76. The molecule has 0 radical (unpaired) electrons. The number of rotatable bonds is 4. The minimum absolute atomic E-state index is 0.0203. The molecule has 5 aromatic rings. The fraction of sp³-hybridized carbons (Fsp3) is 0.136. The number of aliphatic hydroxyl groups is 1. The van der Waals surface area contributed by atoms with Crippen molar-refractivity contribution >= 4 is 39.3 Å². The van der Waals surface area contributed by atoms with E-state index in [-0.39, 0.29) is 12.6 Å². The molecule has 152 valence electrons. The number of anilines is 3. The summed E-state index contributed by atoms with van der Waals surface area (Å²) in [4.78, 5) is 11.5. The summed E-state index contributed by atoms with van der Waals surface area (Å²) < 4.78 is 0. The normalized spacial score (nSPS) is 10.8. The number of hydrogen-bond donors (Lipinski definition) is 5. The van der Waals surface area contributed by atoms with Crippen molar-refractivity contribution in [3.63, 3.8) is 0 Å². The number of nitrogens with two attached hydrogens (primary N) is 1. The van der Waals surface area contributed by atoms with Crippen molar-refractivity contribution in [1.82, 2.24) is 25.1 Å². The molecule has 0 aliphatic heterocycles. The predicted octanol–water partition coefficient (Wildman–Crippen LogP) is 4.35. The molecule has 8 heteroatoms. The zero-order valence-corrected chi connectivity index (χ0v) is 16.8. The van der Waals surface area contributed by atoms with Gasteiger partial charge in [-0.25, -0.2) is 4.98 Å². The van der Waals surface area contributed by atoms with E-state index in [1.54, 1.807) is 18.5 Å². The van der Waals surface area contributed by atoms with Crippen LogP contribution in [-0.4, -0.2) is 30.3 Å². The van der Waals surface area contributed by atoms with E-state index in [0.29, 0.717) is 5.82 Å². The number of hydrogen-bond acceptors (Lipinski definition) is 6. The number of nitrogens with one attached hydrogen (secondary N) is 3. The molecule has 3 heterocycles. The first kappa shape index (κ1) is 19.4. The number of nitrogen functional groups attached to an aromatic ring is 1. The number of nitrogens with zero attached hydrogens (tertiary/aromatic N) is 3. The Morgan fingerprint density at radius 3 is 2.73 bits per heavy atom. The van der Waals surface area contributed by atoms with Crippen molar-refractivity contribution in [2.24, 2.45) is 0 Å². The van der Waals surface area contributed by atoms with Crippen LogP contribution in [0.4, 0.5) is 17.5 Å². The van der Waals surface area contributed by atoms with Gasteiger partial charge in [-0.3, -0.25) is 5.10 Å². The highest BCUT2D eigenvalue weighted by atomic mass is 16.3. The zero-order chi connectivity index (χ0) is 21.1.